The summed E-state index contributed by atoms with van der Waals surface area (Å²) in [6.45, 7) is 8.26. The number of fused-ring (bicyclic) bond motifs is 1. The van der Waals surface area contributed by atoms with E-state index in [1.807, 2.05) is 19.9 Å². The summed E-state index contributed by atoms with van der Waals surface area (Å²) in [4.78, 5) is 13.1. The maximum absolute atomic E-state index is 13.1. The van der Waals surface area contributed by atoms with Crippen molar-refractivity contribution in [3.8, 4) is 11.5 Å². The maximum atomic E-state index is 13.1. The van der Waals surface area contributed by atoms with Crippen molar-refractivity contribution >= 4 is 5.97 Å². The zero-order valence-electron chi connectivity index (χ0n) is 16.1. The first-order valence-electron chi connectivity index (χ1n) is 9.50. The predicted octanol–water partition coefficient (Wildman–Crippen LogP) is 3.91. The van der Waals surface area contributed by atoms with Crippen LogP contribution in [0, 0.1) is 11.3 Å². The number of hydrogen-bond acceptors (Lipinski definition) is 5. The molecule has 5 nitrogen and oxygen atoms in total. The number of methoxy groups -OCH3 is 1. The van der Waals surface area contributed by atoms with E-state index in [-0.39, 0.29) is 40.8 Å². The fourth-order valence-corrected chi connectivity index (χ4v) is 5.94. The molecule has 1 aromatic rings. The second-order valence-corrected chi connectivity index (χ2v) is 9.10. The Bertz CT molecular complexity index is 781. The first kappa shape index (κ1) is 17.7. The van der Waals surface area contributed by atoms with Crippen LogP contribution in [-0.4, -0.2) is 29.4 Å². The quantitative estimate of drug-likeness (QED) is 0.618. The summed E-state index contributed by atoms with van der Waals surface area (Å²) in [6, 6.07) is 1.90. The molecule has 4 rings (SSSR count). The molecule has 3 aliphatic rings. The van der Waals surface area contributed by atoms with Gasteiger partial charge in [-0.25, -0.2) is 0 Å². The van der Waals surface area contributed by atoms with E-state index in [2.05, 4.69) is 13.8 Å². The summed E-state index contributed by atoms with van der Waals surface area (Å²) in [5.41, 5.74) is 0.968. The Labute approximate surface area is 154 Å². The van der Waals surface area contributed by atoms with Crippen molar-refractivity contribution in [1.82, 2.24) is 0 Å². The topological polar surface area (TPSA) is 76.0 Å². The number of hydrogen-bond donors (Lipinski definition) is 2. The number of phenolic OH excluding ortho intramolecular Hbond substituents is 2. The number of esters is 1. The Hall–Kier alpha value is -1.75. The molecule has 5 heteroatoms. The minimum atomic E-state index is -0.895. The van der Waals surface area contributed by atoms with E-state index >= 15 is 0 Å². The molecule has 1 saturated heterocycles. The summed E-state index contributed by atoms with van der Waals surface area (Å²) in [6.07, 6.45) is 1.72. The maximum Gasteiger partial charge on any atom is 0.317 e. The van der Waals surface area contributed by atoms with Crippen LogP contribution in [0.3, 0.4) is 0 Å². The van der Waals surface area contributed by atoms with E-state index in [4.69, 9.17) is 9.47 Å². The fourth-order valence-electron chi connectivity index (χ4n) is 5.94. The second kappa shape index (κ2) is 5.38. The van der Waals surface area contributed by atoms with Crippen LogP contribution in [0.5, 0.6) is 11.5 Å². The lowest BCUT2D eigenvalue weighted by molar-refractivity contribution is -0.149. The van der Waals surface area contributed by atoms with Crippen LogP contribution in [0.1, 0.15) is 75.7 Å². The zero-order chi connectivity index (χ0) is 19.0. The SMILES string of the molecule is CO[C@H]1c2cc(C(C)C)c(O)c(O)c2[C@@]23CCCC(C)(C)[C@@H]2[C@@H]1OC3=O. The summed E-state index contributed by atoms with van der Waals surface area (Å²) >= 11 is 0. The molecule has 4 atom stereocenters. The summed E-state index contributed by atoms with van der Waals surface area (Å²) < 4.78 is 11.7. The van der Waals surface area contributed by atoms with Gasteiger partial charge in [-0.15, -0.1) is 0 Å². The van der Waals surface area contributed by atoms with Crippen LogP contribution in [0.4, 0.5) is 0 Å². The molecule has 0 radical (unpaired) electrons. The summed E-state index contributed by atoms with van der Waals surface area (Å²) in [5.74, 6) is -0.621. The van der Waals surface area contributed by atoms with E-state index in [1.54, 1.807) is 7.11 Å². The Morgan fingerprint density at radius 3 is 2.54 bits per heavy atom. The molecule has 1 aliphatic heterocycles. The highest BCUT2D eigenvalue weighted by Gasteiger charge is 2.70. The third-order valence-electron chi connectivity index (χ3n) is 6.96. The van der Waals surface area contributed by atoms with Crippen molar-refractivity contribution in [2.75, 3.05) is 7.11 Å². The standard InChI is InChI=1S/C21H28O5/c1-10(2)11-9-12-13(15(23)14(11)22)21-8-6-7-20(3,4)18(21)17(16(12)25-5)26-19(21)24/h9-10,16-18,22-23H,6-8H2,1-5H3/t16-,17+,18-,21-/m0/s1. The van der Waals surface area contributed by atoms with Crippen LogP contribution in [0.15, 0.2) is 6.07 Å². The molecular formula is C21H28O5. The lowest BCUT2D eigenvalue weighted by atomic mass is 9.49. The molecule has 142 valence electrons. The monoisotopic (exact) mass is 360 g/mol. The zero-order valence-corrected chi connectivity index (χ0v) is 16.1. The minimum absolute atomic E-state index is 0.0380. The van der Waals surface area contributed by atoms with Crippen molar-refractivity contribution < 1.29 is 24.5 Å². The molecule has 1 heterocycles. The number of ether oxygens (including phenoxy) is 2. The number of benzene rings is 1. The summed E-state index contributed by atoms with van der Waals surface area (Å²) in [7, 11) is 1.61. The van der Waals surface area contributed by atoms with E-state index in [9.17, 15) is 15.0 Å². The van der Waals surface area contributed by atoms with E-state index < -0.39 is 11.5 Å². The molecule has 0 unspecified atom stereocenters. The number of phenols is 2. The highest BCUT2D eigenvalue weighted by atomic mass is 16.6. The van der Waals surface area contributed by atoms with Gasteiger partial charge in [0.05, 0.1) is 0 Å². The van der Waals surface area contributed by atoms with Crippen LogP contribution in [0.2, 0.25) is 0 Å². The average molecular weight is 360 g/mol. The van der Waals surface area contributed by atoms with Crippen molar-refractivity contribution in [3.05, 3.63) is 22.8 Å². The minimum Gasteiger partial charge on any atom is -0.504 e. The van der Waals surface area contributed by atoms with Gasteiger partial charge < -0.3 is 19.7 Å². The summed E-state index contributed by atoms with van der Waals surface area (Å²) in [5, 5.41) is 21.7. The largest absolute Gasteiger partial charge is 0.504 e. The predicted molar refractivity (Wildman–Crippen MR) is 96.3 cm³/mol. The molecule has 2 N–H and O–H groups in total. The Morgan fingerprint density at radius 1 is 1.23 bits per heavy atom. The third-order valence-corrected chi connectivity index (χ3v) is 6.96. The normalized spacial score (nSPS) is 34.4. The molecule has 2 fully saturated rings. The van der Waals surface area contributed by atoms with Gasteiger partial charge in [-0.3, -0.25) is 4.79 Å². The lowest BCUT2D eigenvalue weighted by Gasteiger charge is -2.52. The van der Waals surface area contributed by atoms with Crippen LogP contribution >= 0.6 is 0 Å². The molecule has 0 amide bonds. The number of carbonyl (C=O) groups is 1. The van der Waals surface area contributed by atoms with Crippen molar-refractivity contribution in [2.45, 2.75) is 70.5 Å². The molecular weight excluding hydrogens is 332 g/mol. The Kier molecular flexibility index (Phi) is 3.65. The fraction of sp³-hybridized carbons (Fsp3) is 0.667. The van der Waals surface area contributed by atoms with Gasteiger partial charge >= 0.3 is 5.97 Å². The Morgan fingerprint density at radius 2 is 1.92 bits per heavy atom. The highest BCUT2D eigenvalue weighted by Crippen LogP contribution is 2.67. The van der Waals surface area contributed by atoms with Gasteiger partial charge in [0, 0.05) is 24.2 Å². The highest BCUT2D eigenvalue weighted by molar-refractivity contribution is 5.90. The number of carbonyl (C=O) groups excluding carboxylic acids is 1. The first-order chi connectivity index (χ1) is 12.2. The Balaban J connectivity index is 2.08. The van der Waals surface area contributed by atoms with Crippen LogP contribution in [-0.2, 0) is 19.7 Å². The molecule has 26 heavy (non-hydrogen) atoms. The van der Waals surface area contributed by atoms with Gasteiger partial charge in [0.1, 0.15) is 17.6 Å². The van der Waals surface area contributed by atoms with Gasteiger partial charge in [-0.1, -0.05) is 34.1 Å². The van der Waals surface area contributed by atoms with E-state index in [0.29, 0.717) is 17.5 Å². The average Bonchev–Trinajstić information content (AvgIpc) is 2.81. The van der Waals surface area contributed by atoms with Gasteiger partial charge in [-0.2, -0.15) is 0 Å². The first-order valence-corrected chi connectivity index (χ1v) is 9.50. The lowest BCUT2D eigenvalue weighted by Crippen LogP contribution is -2.54. The third kappa shape index (κ3) is 1.92. The van der Waals surface area contributed by atoms with Crippen molar-refractivity contribution in [1.29, 1.82) is 0 Å². The molecule has 0 spiro atoms. The van der Waals surface area contributed by atoms with E-state index in [0.717, 1.165) is 18.4 Å². The molecule has 2 bridgehead atoms. The number of rotatable bonds is 2. The van der Waals surface area contributed by atoms with Gasteiger partial charge in [0.2, 0.25) is 0 Å². The molecule has 1 aromatic carbocycles. The van der Waals surface area contributed by atoms with Gasteiger partial charge in [0.25, 0.3) is 0 Å². The number of aromatic hydroxyl groups is 2. The van der Waals surface area contributed by atoms with Crippen molar-refractivity contribution in [3.63, 3.8) is 0 Å². The van der Waals surface area contributed by atoms with Gasteiger partial charge in [0.15, 0.2) is 11.5 Å². The molecule has 1 saturated carbocycles. The van der Waals surface area contributed by atoms with E-state index in [1.165, 1.54) is 0 Å². The molecule has 2 aliphatic carbocycles. The molecule has 0 aromatic heterocycles. The van der Waals surface area contributed by atoms with Crippen molar-refractivity contribution in [2.24, 2.45) is 11.3 Å². The van der Waals surface area contributed by atoms with Crippen LogP contribution < -0.4 is 0 Å². The second-order valence-electron chi connectivity index (χ2n) is 9.10. The van der Waals surface area contributed by atoms with Crippen LogP contribution in [0.25, 0.3) is 0 Å². The smallest absolute Gasteiger partial charge is 0.317 e. The van der Waals surface area contributed by atoms with Gasteiger partial charge in [-0.05, 0) is 35.8 Å².